The normalized spacial score (nSPS) is 37.7. The first-order valence-electron chi connectivity index (χ1n) is 11.1. The van der Waals surface area contributed by atoms with Crippen molar-refractivity contribution < 1.29 is 0 Å². The quantitative estimate of drug-likeness (QED) is 0.435. The number of rotatable bonds is 6. The second-order valence-electron chi connectivity index (χ2n) is 9.06. The Balaban J connectivity index is 1.85. The molecule has 0 heteroatoms. The Morgan fingerprint density at radius 3 is 2.46 bits per heavy atom. The van der Waals surface area contributed by atoms with E-state index in [-0.39, 0.29) is 0 Å². The van der Waals surface area contributed by atoms with E-state index in [2.05, 4.69) is 33.8 Å². The van der Waals surface area contributed by atoms with Crippen molar-refractivity contribution in [1.82, 2.24) is 0 Å². The monoisotopic (exact) mass is 328 g/mol. The summed E-state index contributed by atoms with van der Waals surface area (Å²) in [5, 5.41) is 0. The maximum absolute atomic E-state index is 2.63. The molecule has 0 aromatic carbocycles. The molecule has 2 fully saturated rings. The Morgan fingerprint density at radius 1 is 0.958 bits per heavy atom. The van der Waals surface area contributed by atoms with Gasteiger partial charge in [-0.05, 0) is 81.0 Å². The summed E-state index contributed by atoms with van der Waals surface area (Å²) in [5.74, 6) is 2.93. The number of fused-ring (bicyclic) bond motifs is 3. The van der Waals surface area contributed by atoms with Crippen molar-refractivity contribution in [3.05, 3.63) is 22.8 Å². The molecule has 0 radical (unpaired) electrons. The van der Waals surface area contributed by atoms with Crippen molar-refractivity contribution in [3.63, 3.8) is 0 Å². The van der Waals surface area contributed by atoms with Gasteiger partial charge in [-0.1, -0.05) is 69.8 Å². The van der Waals surface area contributed by atoms with Crippen molar-refractivity contribution in [2.24, 2.45) is 23.2 Å². The standard InChI is InChI=1S/C24H40/c1-5-8-11-19-13-15-23-22-14-12-18(9-6-2)20(10-7-3)21(22)16-17-24(19,23)4/h11,21-23H,5-10,12-17H2,1-4H3/b19-11-. The van der Waals surface area contributed by atoms with Gasteiger partial charge in [0.25, 0.3) is 0 Å². The minimum Gasteiger partial charge on any atom is -0.0848 e. The van der Waals surface area contributed by atoms with E-state index in [0.717, 1.165) is 17.8 Å². The molecule has 3 rings (SSSR count). The molecule has 3 aliphatic carbocycles. The molecular weight excluding hydrogens is 288 g/mol. The highest BCUT2D eigenvalue weighted by Gasteiger charge is 2.52. The van der Waals surface area contributed by atoms with Crippen molar-refractivity contribution in [2.45, 2.75) is 105 Å². The summed E-state index contributed by atoms with van der Waals surface area (Å²) in [6, 6.07) is 0. The third-order valence-electron chi connectivity index (χ3n) is 7.72. The maximum Gasteiger partial charge on any atom is -0.00850 e. The molecule has 0 amide bonds. The lowest BCUT2D eigenvalue weighted by molar-refractivity contribution is 0.0615. The third kappa shape index (κ3) is 3.15. The molecule has 0 N–H and O–H groups in total. The van der Waals surface area contributed by atoms with Crippen LogP contribution in [0.25, 0.3) is 0 Å². The summed E-state index contributed by atoms with van der Waals surface area (Å²) in [5.41, 5.74) is 6.20. The van der Waals surface area contributed by atoms with Crippen LogP contribution in [0.15, 0.2) is 22.8 Å². The lowest BCUT2D eigenvalue weighted by Gasteiger charge is -2.50. The van der Waals surface area contributed by atoms with Gasteiger partial charge in [0.15, 0.2) is 0 Å². The summed E-state index contributed by atoms with van der Waals surface area (Å²) in [6.07, 6.45) is 19.4. The topological polar surface area (TPSA) is 0 Å². The molecule has 0 spiro atoms. The summed E-state index contributed by atoms with van der Waals surface area (Å²) >= 11 is 0. The van der Waals surface area contributed by atoms with Gasteiger partial charge in [0.05, 0.1) is 0 Å². The first-order valence-corrected chi connectivity index (χ1v) is 11.1. The predicted octanol–water partition coefficient (Wildman–Crippen LogP) is 7.85. The van der Waals surface area contributed by atoms with Gasteiger partial charge >= 0.3 is 0 Å². The SMILES string of the molecule is CCC/C=C1/CCC2C3CCC(CCC)=C(CCC)C3CCC12C. The molecular formula is C24H40. The highest BCUT2D eigenvalue weighted by atomic mass is 14.6. The van der Waals surface area contributed by atoms with Gasteiger partial charge in [-0.15, -0.1) is 0 Å². The van der Waals surface area contributed by atoms with E-state index in [9.17, 15) is 0 Å². The van der Waals surface area contributed by atoms with Gasteiger partial charge in [-0.3, -0.25) is 0 Å². The molecule has 3 aliphatic rings. The highest BCUT2D eigenvalue weighted by molar-refractivity contribution is 5.29. The molecule has 2 saturated carbocycles. The molecule has 136 valence electrons. The van der Waals surface area contributed by atoms with Crippen LogP contribution in [0.1, 0.15) is 105 Å². The van der Waals surface area contributed by atoms with E-state index < -0.39 is 0 Å². The van der Waals surface area contributed by atoms with Crippen molar-refractivity contribution >= 4 is 0 Å². The molecule has 0 saturated heterocycles. The molecule has 0 aromatic heterocycles. The van der Waals surface area contributed by atoms with E-state index in [1.54, 1.807) is 0 Å². The Kier molecular flexibility index (Phi) is 5.94. The summed E-state index contributed by atoms with van der Waals surface area (Å²) < 4.78 is 0. The molecule has 24 heavy (non-hydrogen) atoms. The molecule has 0 bridgehead atoms. The largest absolute Gasteiger partial charge is 0.0848 e. The van der Waals surface area contributed by atoms with E-state index in [4.69, 9.17) is 0 Å². The van der Waals surface area contributed by atoms with E-state index in [0.29, 0.717) is 5.41 Å². The Morgan fingerprint density at radius 2 is 1.75 bits per heavy atom. The molecule has 0 heterocycles. The van der Waals surface area contributed by atoms with Crippen LogP contribution in [-0.2, 0) is 0 Å². The van der Waals surface area contributed by atoms with Gasteiger partial charge in [-0.2, -0.15) is 0 Å². The lowest BCUT2D eigenvalue weighted by Crippen LogP contribution is -2.41. The van der Waals surface area contributed by atoms with E-state index in [1.807, 2.05) is 16.7 Å². The Bertz CT molecular complexity index is 494. The van der Waals surface area contributed by atoms with Crippen molar-refractivity contribution in [1.29, 1.82) is 0 Å². The number of unbranched alkanes of at least 4 members (excludes halogenated alkanes) is 1. The van der Waals surface area contributed by atoms with Crippen LogP contribution in [0.4, 0.5) is 0 Å². The highest BCUT2D eigenvalue weighted by Crippen LogP contribution is 2.62. The van der Waals surface area contributed by atoms with Gasteiger partial charge < -0.3 is 0 Å². The van der Waals surface area contributed by atoms with Crippen LogP contribution in [-0.4, -0.2) is 0 Å². The van der Waals surface area contributed by atoms with Crippen molar-refractivity contribution in [2.75, 3.05) is 0 Å². The number of allylic oxidation sites excluding steroid dienone is 4. The zero-order chi connectivity index (χ0) is 17.2. The lowest BCUT2D eigenvalue weighted by atomic mass is 9.54. The van der Waals surface area contributed by atoms with Crippen LogP contribution >= 0.6 is 0 Å². The average molecular weight is 329 g/mol. The number of hydrogen-bond donors (Lipinski definition) is 0. The molecule has 4 atom stereocenters. The van der Waals surface area contributed by atoms with Crippen molar-refractivity contribution in [3.8, 4) is 0 Å². The molecule has 0 nitrogen and oxygen atoms in total. The van der Waals surface area contributed by atoms with Gasteiger partial charge in [0, 0.05) is 0 Å². The zero-order valence-electron chi connectivity index (χ0n) is 16.8. The van der Waals surface area contributed by atoms with Gasteiger partial charge in [0.1, 0.15) is 0 Å². The van der Waals surface area contributed by atoms with E-state index in [1.165, 1.54) is 77.0 Å². The first kappa shape index (κ1) is 18.3. The van der Waals surface area contributed by atoms with Crippen LogP contribution in [0, 0.1) is 23.2 Å². The van der Waals surface area contributed by atoms with Gasteiger partial charge in [-0.25, -0.2) is 0 Å². The summed E-state index contributed by atoms with van der Waals surface area (Å²) in [6.45, 7) is 9.70. The fraction of sp³-hybridized carbons (Fsp3) is 0.833. The fourth-order valence-electron chi connectivity index (χ4n) is 6.61. The molecule has 4 unspecified atom stereocenters. The maximum atomic E-state index is 2.63. The van der Waals surface area contributed by atoms with Gasteiger partial charge in [0.2, 0.25) is 0 Å². The summed E-state index contributed by atoms with van der Waals surface area (Å²) in [4.78, 5) is 0. The molecule has 0 aliphatic heterocycles. The summed E-state index contributed by atoms with van der Waals surface area (Å²) in [7, 11) is 0. The number of hydrogen-bond acceptors (Lipinski definition) is 0. The predicted molar refractivity (Wildman–Crippen MR) is 106 cm³/mol. The molecule has 0 aromatic rings. The zero-order valence-corrected chi connectivity index (χ0v) is 16.8. The first-order chi connectivity index (χ1) is 11.7. The minimum atomic E-state index is 0.552. The minimum absolute atomic E-state index is 0.552. The van der Waals surface area contributed by atoms with E-state index >= 15 is 0 Å². The Labute approximate surface area is 151 Å². The smallest absolute Gasteiger partial charge is 0.00850 e. The second kappa shape index (κ2) is 7.79. The van der Waals surface area contributed by atoms with Crippen LogP contribution in [0.3, 0.4) is 0 Å². The Hall–Kier alpha value is -0.520. The average Bonchev–Trinajstić information content (AvgIpc) is 2.92. The third-order valence-corrected chi connectivity index (χ3v) is 7.72. The second-order valence-corrected chi connectivity index (χ2v) is 9.06. The van der Waals surface area contributed by atoms with Crippen LogP contribution in [0.2, 0.25) is 0 Å². The van der Waals surface area contributed by atoms with Crippen LogP contribution in [0.5, 0.6) is 0 Å². The van der Waals surface area contributed by atoms with Crippen LogP contribution < -0.4 is 0 Å². The fourth-order valence-corrected chi connectivity index (χ4v) is 6.61.